The van der Waals surface area contributed by atoms with Gasteiger partial charge in [0, 0.05) is 38.6 Å². The number of aryl methyl sites for hydroxylation is 1. The second-order valence-electron chi connectivity index (χ2n) is 6.18. The average molecular weight is 330 g/mol. The zero-order chi connectivity index (χ0) is 16.1. The van der Waals surface area contributed by atoms with Gasteiger partial charge in [0.05, 0.1) is 11.7 Å². The molecule has 22 heavy (non-hydrogen) atoms. The van der Waals surface area contributed by atoms with Crippen molar-refractivity contribution in [2.75, 3.05) is 32.4 Å². The second-order valence-corrected chi connectivity index (χ2v) is 8.16. The molecule has 2 fully saturated rings. The second kappa shape index (κ2) is 5.00. The number of carbonyl (C=O) groups is 1. The highest BCUT2D eigenvalue weighted by Gasteiger charge is 2.59. The van der Waals surface area contributed by atoms with Crippen LogP contribution in [0.1, 0.15) is 11.4 Å². The molecule has 9 nitrogen and oxygen atoms in total. The van der Waals surface area contributed by atoms with Crippen LogP contribution in [0.2, 0.25) is 0 Å². The van der Waals surface area contributed by atoms with Crippen LogP contribution in [-0.2, 0) is 21.4 Å². The first-order valence-electron chi connectivity index (χ1n) is 6.91. The molecule has 3 rings (SSSR count). The Bertz CT molecular complexity index is 702. The van der Waals surface area contributed by atoms with E-state index in [0.29, 0.717) is 31.0 Å². The molecule has 1 aromatic heterocycles. The topological polar surface area (TPSA) is 117 Å². The van der Waals surface area contributed by atoms with Crippen molar-refractivity contribution < 1.29 is 22.9 Å². The minimum atomic E-state index is -3.38. The molecule has 10 heteroatoms. The number of fused-ring (bicyclic) bond motifs is 1. The van der Waals surface area contributed by atoms with Crippen molar-refractivity contribution in [1.82, 2.24) is 19.5 Å². The number of likely N-dealkylation sites (tertiary alicyclic amines) is 1. The summed E-state index contributed by atoms with van der Waals surface area (Å²) < 4.78 is 29.3. The van der Waals surface area contributed by atoms with Crippen LogP contribution in [0, 0.1) is 18.3 Å². The average Bonchev–Trinajstić information content (AvgIpc) is 3.02. The minimum absolute atomic E-state index is 0.0262. The van der Waals surface area contributed by atoms with Crippen molar-refractivity contribution in [1.29, 1.82) is 0 Å². The monoisotopic (exact) mass is 330 g/mol. The van der Waals surface area contributed by atoms with Crippen molar-refractivity contribution >= 4 is 16.0 Å². The first kappa shape index (κ1) is 15.4. The molecule has 0 spiro atoms. The van der Waals surface area contributed by atoms with Gasteiger partial charge in [0.1, 0.15) is 11.4 Å². The van der Waals surface area contributed by atoms with Gasteiger partial charge < -0.3 is 5.11 Å². The molecule has 122 valence electrons. The summed E-state index contributed by atoms with van der Waals surface area (Å²) in [7, 11) is -3.38. The van der Waals surface area contributed by atoms with E-state index in [2.05, 4.69) is 14.9 Å². The minimum Gasteiger partial charge on any atom is -0.481 e. The van der Waals surface area contributed by atoms with Gasteiger partial charge in [-0.15, -0.1) is 0 Å². The maximum Gasteiger partial charge on any atom is 0.312 e. The quantitative estimate of drug-likeness (QED) is 0.759. The Morgan fingerprint density at radius 1 is 1.41 bits per heavy atom. The summed E-state index contributed by atoms with van der Waals surface area (Å²) in [6.45, 7) is 3.33. The molecule has 0 aliphatic carbocycles. The SMILES string of the molecule is Cc1nonc1CN1C[C@@H]2CN(S(C)(=O)=O)C[C@]2(C(=O)O)C1. The van der Waals surface area contributed by atoms with Crippen molar-refractivity contribution in [3.8, 4) is 0 Å². The highest BCUT2D eigenvalue weighted by molar-refractivity contribution is 7.88. The van der Waals surface area contributed by atoms with Gasteiger partial charge in [-0.25, -0.2) is 17.4 Å². The molecule has 2 aliphatic rings. The summed E-state index contributed by atoms with van der Waals surface area (Å²) in [4.78, 5) is 13.8. The molecule has 1 aromatic rings. The maximum absolute atomic E-state index is 11.8. The van der Waals surface area contributed by atoms with E-state index >= 15 is 0 Å². The van der Waals surface area contributed by atoms with Crippen molar-refractivity contribution in [2.45, 2.75) is 13.5 Å². The van der Waals surface area contributed by atoms with E-state index in [9.17, 15) is 18.3 Å². The number of aliphatic carboxylic acids is 1. The Hall–Kier alpha value is -1.52. The fourth-order valence-electron chi connectivity index (χ4n) is 3.40. The fourth-order valence-corrected chi connectivity index (χ4v) is 4.32. The van der Waals surface area contributed by atoms with E-state index in [1.807, 2.05) is 4.90 Å². The number of carboxylic acids is 1. The van der Waals surface area contributed by atoms with E-state index in [1.165, 1.54) is 4.31 Å². The van der Waals surface area contributed by atoms with Crippen molar-refractivity contribution in [3.05, 3.63) is 11.4 Å². The van der Waals surface area contributed by atoms with Crippen LogP contribution in [0.5, 0.6) is 0 Å². The Kier molecular flexibility index (Phi) is 3.49. The summed E-state index contributed by atoms with van der Waals surface area (Å²) in [5, 5.41) is 17.2. The largest absolute Gasteiger partial charge is 0.481 e. The van der Waals surface area contributed by atoms with Crippen LogP contribution in [0.3, 0.4) is 0 Å². The van der Waals surface area contributed by atoms with Gasteiger partial charge in [-0.3, -0.25) is 9.69 Å². The first-order valence-corrected chi connectivity index (χ1v) is 8.76. The lowest BCUT2D eigenvalue weighted by molar-refractivity contribution is -0.148. The van der Waals surface area contributed by atoms with Gasteiger partial charge in [-0.1, -0.05) is 10.3 Å². The Morgan fingerprint density at radius 2 is 2.14 bits per heavy atom. The number of rotatable bonds is 4. The van der Waals surface area contributed by atoms with Crippen molar-refractivity contribution in [3.63, 3.8) is 0 Å². The van der Waals surface area contributed by atoms with Crippen LogP contribution in [0.15, 0.2) is 4.63 Å². The Labute approximate surface area is 127 Å². The number of sulfonamides is 1. The molecule has 3 heterocycles. The number of carboxylic acid groups (broad SMARTS) is 1. The molecular formula is C12H18N4O5S. The predicted octanol–water partition coefficient (Wildman–Crippen LogP) is -0.844. The summed E-state index contributed by atoms with van der Waals surface area (Å²) in [5.41, 5.74) is 0.313. The first-order chi connectivity index (χ1) is 10.2. The van der Waals surface area contributed by atoms with Crippen LogP contribution in [-0.4, -0.2) is 71.4 Å². The standard InChI is InChI=1S/C12H18N4O5S/c1-8-10(14-21-13-8)5-15-3-9-4-16(22(2,19)20)7-12(9,6-15)11(17)18/h9H,3-7H2,1-2H3,(H,17,18)/t9-,12-/m1/s1. The molecule has 0 bridgehead atoms. The van der Waals surface area contributed by atoms with Gasteiger partial charge in [0.25, 0.3) is 0 Å². The molecule has 2 saturated heterocycles. The summed E-state index contributed by atoms with van der Waals surface area (Å²) in [6, 6.07) is 0. The summed E-state index contributed by atoms with van der Waals surface area (Å²) in [6.07, 6.45) is 1.12. The zero-order valence-electron chi connectivity index (χ0n) is 12.4. The number of aromatic nitrogens is 2. The lowest BCUT2D eigenvalue weighted by Gasteiger charge is -2.24. The van der Waals surface area contributed by atoms with Crippen LogP contribution in [0.25, 0.3) is 0 Å². The van der Waals surface area contributed by atoms with E-state index in [0.717, 1.165) is 6.26 Å². The third-order valence-electron chi connectivity index (χ3n) is 4.66. The van der Waals surface area contributed by atoms with E-state index in [4.69, 9.17) is 0 Å². The molecular weight excluding hydrogens is 312 g/mol. The molecule has 0 saturated carbocycles. The van der Waals surface area contributed by atoms with E-state index < -0.39 is 21.4 Å². The van der Waals surface area contributed by atoms with Crippen molar-refractivity contribution in [2.24, 2.45) is 11.3 Å². The van der Waals surface area contributed by atoms with Gasteiger partial charge in [-0.05, 0) is 6.92 Å². The molecule has 0 radical (unpaired) electrons. The third-order valence-corrected chi connectivity index (χ3v) is 5.88. The van der Waals surface area contributed by atoms with Crippen LogP contribution >= 0.6 is 0 Å². The van der Waals surface area contributed by atoms with E-state index in [-0.39, 0.29) is 19.0 Å². The van der Waals surface area contributed by atoms with E-state index in [1.54, 1.807) is 6.92 Å². The van der Waals surface area contributed by atoms with Gasteiger partial charge >= 0.3 is 5.97 Å². The molecule has 0 amide bonds. The number of hydrogen-bond donors (Lipinski definition) is 1. The van der Waals surface area contributed by atoms with Crippen LogP contribution < -0.4 is 0 Å². The number of nitrogens with zero attached hydrogens (tertiary/aromatic N) is 4. The number of hydrogen-bond acceptors (Lipinski definition) is 7. The Morgan fingerprint density at radius 3 is 2.64 bits per heavy atom. The lowest BCUT2D eigenvalue weighted by Crippen LogP contribution is -2.41. The van der Waals surface area contributed by atoms with Crippen LogP contribution in [0.4, 0.5) is 0 Å². The normalized spacial score (nSPS) is 29.8. The van der Waals surface area contributed by atoms with Gasteiger partial charge in [0.15, 0.2) is 0 Å². The molecule has 1 N–H and O–H groups in total. The maximum atomic E-state index is 11.8. The highest BCUT2D eigenvalue weighted by Crippen LogP contribution is 2.44. The lowest BCUT2D eigenvalue weighted by atomic mass is 9.81. The fraction of sp³-hybridized carbons (Fsp3) is 0.750. The summed E-state index contributed by atoms with van der Waals surface area (Å²) >= 11 is 0. The Balaban J connectivity index is 1.79. The molecule has 0 aromatic carbocycles. The zero-order valence-corrected chi connectivity index (χ0v) is 13.2. The summed E-state index contributed by atoms with van der Waals surface area (Å²) in [5.74, 6) is -1.17. The van der Waals surface area contributed by atoms with Gasteiger partial charge in [0.2, 0.25) is 10.0 Å². The predicted molar refractivity (Wildman–Crippen MR) is 74.3 cm³/mol. The molecule has 2 atom stereocenters. The molecule has 2 aliphatic heterocycles. The molecule has 0 unspecified atom stereocenters. The van der Waals surface area contributed by atoms with Gasteiger partial charge in [-0.2, -0.15) is 0 Å². The highest BCUT2D eigenvalue weighted by atomic mass is 32.2. The smallest absolute Gasteiger partial charge is 0.312 e. The third kappa shape index (κ3) is 2.40.